The molecule has 8 nitrogen and oxygen atoms in total. The standard InChI is InChI=1S/C22H24F3N5O3S/c1-5-8-29-12(2)9-16(14(29)4)18-11-34-21(27-18)28-20(31)13(3)26-17-7-6-15(22(23,24)25)10-19(17)30(32)33/h6-7,9-11,13,26H,5,8H2,1-4H3,(H,27,28,31). The number of anilines is 2. The van der Waals surface area contributed by atoms with Crippen molar-refractivity contribution in [2.75, 3.05) is 10.6 Å². The largest absolute Gasteiger partial charge is 0.416 e. The minimum absolute atomic E-state index is 0.191. The van der Waals surface area contributed by atoms with Gasteiger partial charge in [0.15, 0.2) is 5.13 Å². The number of hydrogen-bond acceptors (Lipinski definition) is 6. The number of nitro groups is 1. The van der Waals surface area contributed by atoms with E-state index in [0.29, 0.717) is 11.2 Å². The number of hydrogen-bond donors (Lipinski definition) is 2. The summed E-state index contributed by atoms with van der Waals surface area (Å²) in [5.41, 5.74) is 1.77. The zero-order valence-corrected chi connectivity index (χ0v) is 19.8. The van der Waals surface area contributed by atoms with Gasteiger partial charge in [-0.05, 0) is 45.4 Å². The first-order valence-electron chi connectivity index (χ1n) is 10.5. The molecule has 182 valence electrons. The van der Waals surface area contributed by atoms with Crippen molar-refractivity contribution < 1.29 is 22.9 Å². The van der Waals surface area contributed by atoms with E-state index < -0.39 is 34.3 Å². The van der Waals surface area contributed by atoms with Crippen molar-refractivity contribution in [2.45, 2.75) is 52.9 Å². The molecule has 12 heteroatoms. The second-order valence-electron chi connectivity index (χ2n) is 7.82. The summed E-state index contributed by atoms with van der Waals surface area (Å²) in [6.45, 7) is 8.48. The molecule has 0 saturated heterocycles. The normalized spacial score (nSPS) is 12.4. The summed E-state index contributed by atoms with van der Waals surface area (Å²) in [6, 6.07) is 3.17. The molecule has 0 saturated carbocycles. The fourth-order valence-corrected chi connectivity index (χ4v) is 4.29. The third-order valence-corrected chi connectivity index (χ3v) is 6.08. The van der Waals surface area contributed by atoms with E-state index in [4.69, 9.17) is 0 Å². The van der Waals surface area contributed by atoms with Crippen molar-refractivity contribution in [1.82, 2.24) is 9.55 Å². The molecular weight excluding hydrogens is 471 g/mol. The van der Waals surface area contributed by atoms with Crippen molar-refractivity contribution in [3.05, 3.63) is 56.7 Å². The Labute approximate surface area is 198 Å². The van der Waals surface area contributed by atoms with Crippen LogP contribution in [0.4, 0.5) is 29.7 Å². The number of aryl methyl sites for hydroxylation is 1. The van der Waals surface area contributed by atoms with Crippen LogP contribution in [0, 0.1) is 24.0 Å². The van der Waals surface area contributed by atoms with Crippen molar-refractivity contribution in [2.24, 2.45) is 0 Å². The lowest BCUT2D eigenvalue weighted by Crippen LogP contribution is -2.32. The maximum atomic E-state index is 12.9. The van der Waals surface area contributed by atoms with Gasteiger partial charge in [0, 0.05) is 34.9 Å². The van der Waals surface area contributed by atoms with E-state index in [1.807, 2.05) is 25.3 Å². The molecule has 1 aromatic carbocycles. The second-order valence-corrected chi connectivity index (χ2v) is 8.67. The number of carbonyl (C=O) groups is 1. The van der Waals surface area contributed by atoms with Crippen LogP contribution in [0.5, 0.6) is 0 Å². The molecule has 2 heterocycles. The molecule has 1 amide bonds. The van der Waals surface area contributed by atoms with Crippen molar-refractivity contribution in [1.29, 1.82) is 0 Å². The van der Waals surface area contributed by atoms with Gasteiger partial charge >= 0.3 is 6.18 Å². The summed E-state index contributed by atoms with van der Waals surface area (Å²) in [7, 11) is 0. The average molecular weight is 496 g/mol. The van der Waals surface area contributed by atoms with Crippen LogP contribution in [0.15, 0.2) is 29.6 Å². The van der Waals surface area contributed by atoms with Gasteiger partial charge in [-0.1, -0.05) is 6.92 Å². The zero-order chi connectivity index (χ0) is 25.2. The molecule has 34 heavy (non-hydrogen) atoms. The van der Waals surface area contributed by atoms with E-state index in [-0.39, 0.29) is 5.69 Å². The summed E-state index contributed by atoms with van der Waals surface area (Å²) in [5.74, 6) is -0.536. The van der Waals surface area contributed by atoms with Gasteiger partial charge in [0.2, 0.25) is 5.91 Å². The summed E-state index contributed by atoms with van der Waals surface area (Å²) < 4.78 is 40.9. The molecule has 0 aliphatic heterocycles. The summed E-state index contributed by atoms with van der Waals surface area (Å²) in [4.78, 5) is 27.4. The number of halogens is 3. The molecule has 3 aromatic rings. The number of rotatable bonds is 8. The number of nitrogens with one attached hydrogen (secondary N) is 2. The van der Waals surface area contributed by atoms with Gasteiger partial charge in [-0.15, -0.1) is 11.3 Å². The lowest BCUT2D eigenvalue weighted by atomic mass is 10.1. The van der Waals surface area contributed by atoms with Gasteiger partial charge in [-0.2, -0.15) is 13.2 Å². The number of benzene rings is 1. The van der Waals surface area contributed by atoms with E-state index in [9.17, 15) is 28.1 Å². The Morgan fingerprint density at radius 2 is 2.00 bits per heavy atom. The Morgan fingerprint density at radius 1 is 1.29 bits per heavy atom. The topological polar surface area (TPSA) is 102 Å². The van der Waals surface area contributed by atoms with Crippen LogP contribution in [-0.2, 0) is 17.5 Å². The first-order valence-corrected chi connectivity index (χ1v) is 11.4. The summed E-state index contributed by atoms with van der Waals surface area (Å²) >= 11 is 1.23. The molecule has 2 N–H and O–H groups in total. The molecule has 3 rings (SSSR count). The van der Waals surface area contributed by atoms with Crippen molar-refractivity contribution in [3.8, 4) is 11.3 Å². The molecule has 0 fully saturated rings. The van der Waals surface area contributed by atoms with Crippen LogP contribution in [0.2, 0.25) is 0 Å². The van der Waals surface area contributed by atoms with Crippen LogP contribution in [-0.4, -0.2) is 26.4 Å². The average Bonchev–Trinajstić information content (AvgIpc) is 3.32. The minimum atomic E-state index is -4.72. The third kappa shape index (κ3) is 5.38. The predicted octanol–water partition coefficient (Wildman–Crippen LogP) is 6.00. The maximum absolute atomic E-state index is 12.9. The predicted molar refractivity (Wildman–Crippen MR) is 125 cm³/mol. The first-order chi connectivity index (χ1) is 15.9. The maximum Gasteiger partial charge on any atom is 0.416 e. The Kier molecular flexibility index (Phi) is 7.29. The number of alkyl halides is 3. The quantitative estimate of drug-likeness (QED) is 0.295. The van der Waals surface area contributed by atoms with E-state index >= 15 is 0 Å². The van der Waals surface area contributed by atoms with Gasteiger partial charge in [0.05, 0.1) is 16.2 Å². The third-order valence-electron chi connectivity index (χ3n) is 5.32. The van der Waals surface area contributed by atoms with Crippen LogP contribution >= 0.6 is 11.3 Å². The van der Waals surface area contributed by atoms with E-state index in [0.717, 1.165) is 47.7 Å². The minimum Gasteiger partial charge on any atom is -0.368 e. The van der Waals surface area contributed by atoms with Crippen LogP contribution in [0.1, 0.15) is 37.2 Å². The number of amides is 1. The molecule has 0 bridgehead atoms. The highest BCUT2D eigenvalue weighted by Crippen LogP contribution is 2.35. The first kappa shape index (κ1) is 25.2. The van der Waals surface area contributed by atoms with E-state index in [2.05, 4.69) is 27.1 Å². The molecule has 0 aliphatic rings. The second kappa shape index (κ2) is 9.84. The number of carbonyl (C=O) groups excluding carboxylic acids is 1. The SMILES string of the molecule is CCCn1c(C)cc(-c2csc(NC(=O)C(C)Nc3ccc(C(F)(F)F)cc3[N+](=O)[O-])n2)c1C. The molecule has 1 atom stereocenters. The van der Waals surface area contributed by atoms with Gasteiger partial charge < -0.3 is 15.2 Å². The van der Waals surface area contributed by atoms with Crippen molar-refractivity contribution in [3.63, 3.8) is 0 Å². The van der Waals surface area contributed by atoms with Crippen LogP contribution in [0.3, 0.4) is 0 Å². The monoisotopic (exact) mass is 495 g/mol. The molecule has 2 aromatic heterocycles. The van der Waals surface area contributed by atoms with Gasteiger partial charge in [0.25, 0.3) is 5.69 Å². The number of nitrogens with zero attached hydrogens (tertiary/aromatic N) is 3. The Morgan fingerprint density at radius 3 is 2.62 bits per heavy atom. The van der Waals surface area contributed by atoms with Gasteiger partial charge in [-0.25, -0.2) is 4.98 Å². The Hall–Kier alpha value is -3.41. The highest BCUT2D eigenvalue weighted by Gasteiger charge is 2.33. The van der Waals surface area contributed by atoms with Gasteiger partial charge in [-0.3, -0.25) is 14.9 Å². The van der Waals surface area contributed by atoms with E-state index in [1.165, 1.54) is 18.3 Å². The van der Waals surface area contributed by atoms with E-state index in [1.54, 1.807) is 0 Å². The van der Waals surface area contributed by atoms with Gasteiger partial charge in [0.1, 0.15) is 11.7 Å². The number of nitro benzene ring substituents is 1. The number of thiazole rings is 1. The van der Waals surface area contributed by atoms with Crippen LogP contribution in [0.25, 0.3) is 11.3 Å². The highest BCUT2D eigenvalue weighted by molar-refractivity contribution is 7.14. The highest BCUT2D eigenvalue weighted by atomic mass is 32.1. The summed E-state index contributed by atoms with van der Waals surface area (Å²) in [5, 5.41) is 18.7. The fraction of sp³-hybridized carbons (Fsp3) is 0.364. The number of aromatic nitrogens is 2. The smallest absolute Gasteiger partial charge is 0.368 e. The molecule has 0 aliphatic carbocycles. The zero-order valence-electron chi connectivity index (χ0n) is 19.0. The lowest BCUT2D eigenvalue weighted by molar-refractivity contribution is -0.384. The Bertz CT molecular complexity index is 1220. The summed E-state index contributed by atoms with van der Waals surface area (Å²) in [6.07, 6.45) is -3.72. The molecule has 0 radical (unpaired) electrons. The van der Waals surface area contributed by atoms with Crippen molar-refractivity contribution >= 4 is 33.8 Å². The molecular formula is C22H24F3N5O3S. The lowest BCUT2D eigenvalue weighted by Gasteiger charge is -2.15. The van der Waals surface area contributed by atoms with Crippen LogP contribution < -0.4 is 10.6 Å². The molecule has 0 spiro atoms. The molecule has 1 unspecified atom stereocenters. The Balaban J connectivity index is 1.74. The fourth-order valence-electron chi connectivity index (χ4n) is 3.58.